The third-order valence-corrected chi connectivity index (χ3v) is 7.14. The minimum Gasteiger partial charge on any atom is -0.337 e. The molecule has 1 aliphatic carbocycles. The molecular formula is C26H26N4O4. The number of rotatable bonds is 4. The van der Waals surface area contributed by atoms with Crippen molar-refractivity contribution in [3.8, 4) is 0 Å². The molecule has 0 radical (unpaired) electrons. The van der Waals surface area contributed by atoms with E-state index in [0.717, 1.165) is 16.5 Å². The van der Waals surface area contributed by atoms with Gasteiger partial charge < -0.3 is 15.5 Å². The van der Waals surface area contributed by atoms with E-state index in [1.807, 2.05) is 61.5 Å². The van der Waals surface area contributed by atoms with Crippen LogP contribution < -0.4 is 16.0 Å². The van der Waals surface area contributed by atoms with Crippen LogP contribution in [-0.4, -0.2) is 47.8 Å². The van der Waals surface area contributed by atoms with Crippen LogP contribution in [0.15, 0.2) is 66.3 Å². The second-order valence-electron chi connectivity index (χ2n) is 9.25. The van der Waals surface area contributed by atoms with Gasteiger partial charge in [-0.25, -0.2) is 4.79 Å². The van der Waals surface area contributed by atoms with Crippen LogP contribution in [0.1, 0.15) is 19.8 Å². The number of anilines is 1. The lowest BCUT2D eigenvalue weighted by Gasteiger charge is -2.35. The van der Waals surface area contributed by atoms with Gasteiger partial charge in [0, 0.05) is 41.8 Å². The third kappa shape index (κ3) is 3.75. The van der Waals surface area contributed by atoms with Gasteiger partial charge in [0.1, 0.15) is 6.04 Å². The Balaban J connectivity index is 1.28. The molecule has 3 unspecified atom stereocenters. The van der Waals surface area contributed by atoms with Gasteiger partial charge in [-0.15, -0.1) is 0 Å². The van der Waals surface area contributed by atoms with Gasteiger partial charge in [0.2, 0.25) is 11.8 Å². The molecule has 2 aromatic rings. The fourth-order valence-corrected chi connectivity index (χ4v) is 5.21. The Kier molecular flexibility index (Phi) is 5.43. The molecule has 0 bridgehead atoms. The lowest BCUT2D eigenvalue weighted by molar-refractivity contribution is -0.142. The molecule has 3 atom stereocenters. The predicted octanol–water partition coefficient (Wildman–Crippen LogP) is 2.73. The lowest BCUT2D eigenvalue weighted by atomic mass is 9.70. The minimum absolute atomic E-state index is 0.131. The number of hydrogen-bond donors (Lipinski definition) is 3. The first-order valence-corrected chi connectivity index (χ1v) is 11.4. The van der Waals surface area contributed by atoms with Crippen LogP contribution in [0.3, 0.4) is 0 Å². The van der Waals surface area contributed by atoms with Crippen molar-refractivity contribution in [2.24, 2.45) is 11.3 Å². The molecule has 5 rings (SSSR count). The second kappa shape index (κ2) is 8.44. The van der Waals surface area contributed by atoms with Gasteiger partial charge in [0.05, 0.1) is 5.69 Å². The summed E-state index contributed by atoms with van der Waals surface area (Å²) in [6.45, 7) is 2.67. The predicted molar refractivity (Wildman–Crippen MR) is 128 cm³/mol. The fraction of sp³-hybridized carbons (Fsp3) is 0.308. The van der Waals surface area contributed by atoms with Crippen molar-refractivity contribution < 1.29 is 19.2 Å². The maximum Gasteiger partial charge on any atom is 0.319 e. The van der Waals surface area contributed by atoms with Gasteiger partial charge in [-0.2, -0.15) is 0 Å². The SMILES string of the molecule is CC12CN(C3CCC(=O)NC3=O)C(=O)C1=CC=CC2CNC(=O)Nc1cccc2ccccc12. The van der Waals surface area contributed by atoms with Gasteiger partial charge in [-0.05, 0) is 17.9 Å². The Hall–Kier alpha value is -3.94. The van der Waals surface area contributed by atoms with Crippen LogP contribution >= 0.6 is 0 Å². The molecule has 2 aliphatic heterocycles. The highest BCUT2D eigenvalue weighted by Gasteiger charge is 2.52. The van der Waals surface area contributed by atoms with Crippen molar-refractivity contribution in [3.05, 3.63) is 66.3 Å². The largest absolute Gasteiger partial charge is 0.337 e. The van der Waals surface area contributed by atoms with Gasteiger partial charge in [-0.3, -0.25) is 19.7 Å². The highest BCUT2D eigenvalue weighted by Crippen LogP contribution is 2.46. The van der Waals surface area contributed by atoms with Crippen LogP contribution in [0.25, 0.3) is 10.8 Å². The summed E-state index contributed by atoms with van der Waals surface area (Å²) in [5.74, 6) is -1.05. The number of allylic oxidation sites excluding steroid dienone is 2. The average molecular weight is 459 g/mol. The number of fused-ring (bicyclic) bond motifs is 2. The lowest BCUT2D eigenvalue weighted by Crippen LogP contribution is -2.53. The summed E-state index contributed by atoms with van der Waals surface area (Å²) in [4.78, 5) is 51.4. The monoisotopic (exact) mass is 458 g/mol. The Morgan fingerprint density at radius 1 is 1.15 bits per heavy atom. The number of likely N-dealkylation sites (tertiary alicyclic amines) is 1. The van der Waals surface area contributed by atoms with Crippen molar-refractivity contribution in [1.82, 2.24) is 15.5 Å². The van der Waals surface area contributed by atoms with E-state index >= 15 is 0 Å². The summed E-state index contributed by atoms with van der Waals surface area (Å²) in [6.07, 6.45) is 6.15. The van der Waals surface area contributed by atoms with Gasteiger partial charge >= 0.3 is 6.03 Å². The van der Waals surface area contributed by atoms with Crippen molar-refractivity contribution in [2.45, 2.75) is 25.8 Å². The number of amides is 5. The first kappa shape index (κ1) is 21.9. The molecule has 2 heterocycles. The van der Waals surface area contributed by atoms with E-state index in [1.165, 1.54) is 0 Å². The summed E-state index contributed by atoms with van der Waals surface area (Å²) in [6, 6.07) is 12.6. The van der Waals surface area contributed by atoms with E-state index in [-0.39, 0.29) is 30.2 Å². The zero-order chi connectivity index (χ0) is 23.9. The summed E-state index contributed by atoms with van der Waals surface area (Å²) >= 11 is 0. The smallest absolute Gasteiger partial charge is 0.319 e. The zero-order valence-corrected chi connectivity index (χ0v) is 18.8. The van der Waals surface area contributed by atoms with Crippen molar-refractivity contribution in [2.75, 3.05) is 18.4 Å². The summed E-state index contributed by atoms with van der Waals surface area (Å²) < 4.78 is 0. The maximum absolute atomic E-state index is 13.2. The first-order valence-electron chi connectivity index (χ1n) is 11.4. The Bertz CT molecular complexity index is 1260. The topological polar surface area (TPSA) is 108 Å². The summed E-state index contributed by atoms with van der Waals surface area (Å²) in [7, 11) is 0. The quantitative estimate of drug-likeness (QED) is 0.613. The zero-order valence-electron chi connectivity index (χ0n) is 18.8. The van der Waals surface area contributed by atoms with Gasteiger partial charge in [0.15, 0.2) is 0 Å². The fourth-order valence-electron chi connectivity index (χ4n) is 5.21. The highest BCUT2D eigenvalue weighted by molar-refractivity contribution is 6.05. The number of imide groups is 1. The molecule has 0 aromatic heterocycles. The Labute approximate surface area is 197 Å². The molecule has 8 nitrogen and oxygen atoms in total. The Morgan fingerprint density at radius 3 is 2.76 bits per heavy atom. The number of piperidine rings is 1. The highest BCUT2D eigenvalue weighted by atomic mass is 16.2. The van der Waals surface area contributed by atoms with E-state index in [4.69, 9.17) is 0 Å². The standard InChI is InChI=1S/C26H26N4O4/c1-26-15-30(21-12-13-22(31)29-23(21)32)24(33)19(26)10-5-8-17(26)14-27-25(34)28-20-11-4-7-16-6-2-3-9-18(16)20/h2-11,17,21H,12-15H2,1H3,(H2,27,28,34)(H,29,31,32). The van der Waals surface area contributed by atoms with Crippen LogP contribution in [0.5, 0.6) is 0 Å². The molecule has 3 aliphatic rings. The van der Waals surface area contributed by atoms with Crippen LogP contribution in [0.2, 0.25) is 0 Å². The molecule has 3 N–H and O–H groups in total. The number of urea groups is 1. The molecule has 0 saturated carbocycles. The first-order chi connectivity index (χ1) is 16.4. The number of nitrogens with zero attached hydrogens (tertiary/aromatic N) is 1. The summed E-state index contributed by atoms with van der Waals surface area (Å²) in [5, 5.41) is 10.2. The van der Waals surface area contributed by atoms with Crippen LogP contribution in [0, 0.1) is 11.3 Å². The average Bonchev–Trinajstić information content (AvgIpc) is 3.09. The second-order valence-corrected chi connectivity index (χ2v) is 9.25. The molecule has 2 fully saturated rings. The van der Waals surface area contributed by atoms with E-state index in [2.05, 4.69) is 16.0 Å². The number of carbonyl (C=O) groups is 4. The van der Waals surface area contributed by atoms with Crippen molar-refractivity contribution in [1.29, 1.82) is 0 Å². The number of carbonyl (C=O) groups excluding carboxylic acids is 4. The van der Waals surface area contributed by atoms with E-state index in [9.17, 15) is 19.2 Å². The number of benzene rings is 2. The van der Waals surface area contributed by atoms with E-state index in [0.29, 0.717) is 25.1 Å². The van der Waals surface area contributed by atoms with Gasteiger partial charge in [-0.1, -0.05) is 61.5 Å². The molecule has 174 valence electrons. The van der Waals surface area contributed by atoms with E-state index in [1.54, 1.807) is 11.0 Å². The van der Waals surface area contributed by atoms with Crippen molar-refractivity contribution in [3.63, 3.8) is 0 Å². The molecule has 8 heteroatoms. The molecule has 34 heavy (non-hydrogen) atoms. The van der Waals surface area contributed by atoms with Crippen molar-refractivity contribution >= 4 is 40.2 Å². The summed E-state index contributed by atoms with van der Waals surface area (Å²) in [5.41, 5.74) is 0.794. The maximum atomic E-state index is 13.2. The Morgan fingerprint density at radius 2 is 1.94 bits per heavy atom. The van der Waals surface area contributed by atoms with Gasteiger partial charge in [0.25, 0.3) is 5.91 Å². The molecule has 2 aromatic carbocycles. The normalized spacial score (nSPS) is 26.2. The molecule has 5 amide bonds. The van der Waals surface area contributed by atoms with E-state index < -0.39 is 17.4 Å². The van der Waals surface area contributed by atoms with Crippen LogP contribution in [-0.2, 0) is 14.4 Å². The molecule has 2 saturated heterocycles. The molecular weight excluding hydrogens is 432 g/mol. The van der Waals surface area contributed by atoms with Crippen LogP contribution in [0.4, 0.5) is 10.5 Å². The minimum atomic E-state index is -0.656. The number of hydrogen-bond acceptors (Lipinski definition) is 4. The number of nitrogens with one attached hydrogen (secondary N) is 3. The third-order valence-electron chi connectivity index (χ3n) is 7.14. The molecule has 0 spiro atoms.